The van der Waals surface area contributed by atoms with Crippen LogP contribution >= 0.6 is 0 Å². The molecule has 27 heavy (non-hydrogen) atoms. The molecule has 2 aliphatic heterocycles. The predicted molar refractivity (Wildman–Crippen MR) is 99.6 cm³/mol. The van der Waals surface area contributed by atoms with Crippen LogP contribution in [0, 0.1) is 0 Å². The Morgan fingerprint density at radius 2 is 1.96 bits per heavy atom. The Morgan fingerprint density at radius 3 is 2.63 bits per heavy atom. The van der Waals surface area contributed by atoms with Crippen molar-refractivity contribution in [2.45, 2.75) is 17.9 Å². The molecule has 9 heteroatoms. The Labute approximate surface area is 159 Å². The summed E-state index contributed by atoms with van der Waals surface area (Å²) in [4.78, 5) is 13.4. The van der Waals surface area contributed by atoms with Crippen molar-refractivity contribution in [2.75, 3.05) is 45.9 Å². The zero-order chi connectivity index (χ0) is 19.4. The SMILES string of the molecule is C=CCNC(=O)[C@@H](C)[NH+]1CCN(S(=O)(=O)c2ccc3c(c2)OCCO3)CC1. The molecule has 3 rings (SSSR count). The highest BCUT2D eigenvalue weighted by molar-refractivity contribution is 7.89. The van der Waals surface area contributed by atoms with Crippen molar-refractivity contribution in [1.29, 1.82) is 0 Å². The van der Waals surface area contributed by atoms with Gasteiger partial charge in [-0.1, -0.05) is 6.08 Å². The number of benzene rings is 1. The fourth-order valence-electron chi connectivity index (χ4n) is 3.29. The maximum Gasteiger partial charge on any atom is 0.278 e. The van der Waals surface area contributed by atoms with E-state index in [4.69, 9.17) is 9.47 Å². The smallest absolute Gasteiger partial charge is 0.278 e. The van der Waals surface area contributed by atoms with Crippen LogP contribution < -0.4 is 19.7 Å². The maximum absolute atomic E-state index is 13.0. The highest BCUT2D eigenvalue weighted by Gasteiger charge is 2.34. The number of sulfonamides is 1. The third-order valence-electron chi connectivity index (χ3n) is 4.94. The van der Waals surface area contributed by atoms with Gasteiger partial charge in [0.15, 0.2) is 17.5 Å². The van der Waals surface area contributed by atoms with E-state index in [9.17, 15) is 13.2 Å². The first-order valence-corrected chi connectivity index (χ1v) is 10.5. The quantitative estimate of drug-likeness (QED) is 0.605. The molecule has 1 fully saturated rings. The van der Waals surface area contributed by atoms with Crippen LogP contribution in [0.25, 0.3) is 0 Å². The van der Waals surface area contributed by atoms with Crippen molar-refractivity contribution in [3.05, 3.63) is 30.9 Å². The average Bonchev–Trinajstić information content (AvgIpc) is 2.71. The first kappa shape index (κ1) is 19.7. The van der Waals surface area contributed by atoms with Gasteiger partial charge in [0.25, 0.3) is 5.91 Å². The number of nitrogens with zero attached hydrogens (tertiary/aromatic N) is 1. The van der Waals surface area contributed by atoms with Crippen LogP contribution in [0.3, 0.4) is 0 Å². The van der Waals surface area contributed by atoms with E-state index < -0.39 is 10.0 Å². The number of carbonyl (C=O) groups is 1. The lowest BCUT2D eigenvalue weighted by atomic mass is 10.2. The normalized spacial score (nSPS) is 19.3. The maximum atomic E-state index is 13.0. The van der Waals surface area contributed by atoms with Gasteiger partial charge in [0.2, 0.25) is 10.0 Å². The van der Waals surface area contributed by atoms with Gasteiger partial charge in [-0.25, -0.2) is 8.42 Å². The van der Waals surface area contributed by atoms with Crippen LogP contribution in [0.1, 0.15) is 6.92 Å². The van der Waals surface area contributed by atoms with E-state index in [1.807, 2.05) is 6.92 Å². The fourth-order valence-corrected chi connectivity index (χ4v) is 4.75. The van der Waals surface area contributed by atoms with Crippen LogP contribution in [-0.4, -0.2) is 70.6 Å². The van der Waals surface area contributed by atoms with Crippen molar-refractivity contribution in [1.82, 2.24) is 9.62 Å². The molecule has 1 aromatic carbocycles. The lowest BCUT2D eigenvalue weighted by molar-refractivity contribution is -0.917. The van der Waals surface area contributed by atoms with Crippen molar-refractivity contribution < 1.29 is 27.6 Å². The van der Waals surface area contributed by atoms with Crippen LogP contribution in [0.2, 0.25) is 0 Å². The van der Waals surface area contributed by atoms with E-state index in [2.05, 4.69) is 11.9 Å². The summed E-state index contributed by atoms with van der Waals surface area (Å²) < 4.78 is 38.3. The molecule has 0 radical (unpaired) electrons. The van der Waals surface area contributed by atoms with Gasteiger partial charge in [0.1, 0.15) is 13.2 Å². The summed E-state index contributed by atoms with van der Waals surface area (Å²) in [5, 5.41) is 2.79. The predicted octanol–water partition coefficient (Wildman–Crippen LogP) is -0.962. The van der Waals surface area contributed by atoms with Gasteiger partial charge in [-0.15, -0.1) is 6.58 Å². The number of nitrogens with one attached hydrogen (secondary N) is 2. The number of amides is 1. The monoisotopic (exact) mass is 396 g/mol. The zero-order valence-electron chi connectivity index (χ0n) is 15.4. The van der Waals surface area contributed by atoms with Crippen LogP contribution in [0.4, 0.5) is 0 Å². The lowest BCUT2D eigenvalue weighted by Crippen LogP contribution is -3.19. The first-order valence-electron chi connectivity index (χ1n) is 9.06. The van der Waals surface area contributed by atoms with Crippen molar-refractivity contribution in [3.8, 4) is 11.5 Å². The minimum absolute atomic E-state index is 0.0481. The fraction of sp³-hybridized carbons (Fsp3) is 0.500. The zero-order valence-corrected chi connectivity index (χ0v) is 16.3. The second-order valence-electron chi connectivity index (χ2n) is 6.62. The summed E-state index contributed by atoms with van der Waals surface area (Å²) in [7, 11) is -3.61. The summed E-state index contributed by atoms with van der Waals surface area (Å²) in [5.74, 6) is 0.973. The molecule has 0 spiro atoms. The van der Waals surface area contributed by atoms with Gasteiger partial charge in [0, 0.05) is 12.6 Å². The van der Waals surface area contributed by atoms with E-state index in [-0.39, 0.29) is 16.8 Å². The van der Waals surface area contributed by atoms with E-state index in [0.29, 0.717) is 57.4 Å². The Hall–Kier alpha value is -2.10. The van der Waals surface area contributed by atoms with Gasteiger partial charge < -0.3 is 19.7 Å². The highest BCUT2D eigenvalue weighted by Crippen LogP contribution is 2.33. The summed E-state index contributed by atoms with van der Waals surface area (Å²) in [5.41, 5.74) is 0. The molecule has 1 atom stereocenters. The third-order valence-corrected chi connectivity index (χ3v) is 6.84. The second kappa shape index (κ2) is 8.28. The molecule has 1 aromatic rings. The van der Waals surface area contributed by atoms with Gasteiger partial charge in [-0.2, -0.15) is 4.31 Å². The molecule has 1 amide bonds. The van der Waals surface area contributed by atoms with Gasteiger partial charge in [0.05, 0.1) is 31.1 Å². The molecule has 1 saturated heterocycles. The third kappa shape index (κ3) is 4.26. The Balaban J connectivity index is 1.64. The number of ether oxygens (including phenoxy) is 2. The molecule has 0 aromatic heterocycles. The van der Waals surface area contributed by atoms with Gasteiger partial charge >= 0.3 is 0 Å². The molecule has 0 unspecified atom stereocenters. The minimum atomic E-state index is -3.61. The number of quaternary nitrogens is 1. The Kier molecular flexibility index (Phi) is 6.03. The Morgan fingerprint density at radius 1 is 1.30 bits per heavy atom. The lowest BCUT2D eigenvalue weighted by Gasteiger charge is -2.34. The molecule has 2 heterocycles. The minimum Gasteiger partial charge on any atom is -0.486 e. The molecule has 2 N–H and O–H groups in total. The van der Waals surface area contributed by atoms with E-state index >= 15 is 0 Å². The summed E-state index contributed by atoms with van der Waals surface area (Å²) in [6, 6.07) is 4.47. The number of hydrogen-bond acceptors (Lipinski definition) is 5. The molecular weight excluding hydrogens is 370 g/mol. The number of hydrogen-bond donors (Lipinski definition) is 2. The molecule has 0 saturated carbocycles. The van der Waals surface area contributed by atoms with Crippen LogP contribution in [0.5, 0.6) is 11.5 Å². The summed E-state index contributed by atoms with van der Waals surface area (Å²) in [6.07, 6.45) is 1.64. The van der Waals surface area contributed by atoms with Crippen LogP contribution in [0.15, 0.2) is 35.7 Å². The molecular formula is C18H26N3O5S+. The number of carbonyl (C=O) groups excluding carboxylic acids is 1. The standard InChI is InChI=1S/C18H25N3O5S/c1-3-6-19-18(22)14(2)20-7-9-21(10-8-20)27(23,24)15-4-5-16-17(13-15)26-12-11-25-16/h3-5,13-14H,1,6-12H2,2H3,(H,19,22)/p+1/t14-/m1/s1. The highest BCUT2D eigenvalue weighted by atomic mass is 32.2. The average molecular weight is 396 g/mol. The molecule has 8 nitrogen and oxygen atoms in total. The topological polar surface area (TPSA) is 89.4 Å². The number of rotatable bonds is 6. The molecule has 148 valence electrons. The summed E-state index contributed by atoms with van der Waals surface area (Å²) >= 11 is 0. The second-order valence-corrected chi connectivity index (χ2v) is 8.56. The summed E-state index contributed by atoms with van der Waals surface area (Å²) in [6.45, 7) is 8.63. The van der Waals surface area contributed by atoms with Crippen molar-refractivity contribution in [3.63, 3.8) is 0 Å². The molecule has 2 aliphatic rings. The van der Waals surface area contributed by atoms with Crippen molar-refractivity contribution in [2.24, 2.45) is 0 Å². The van der Waals surface area contributed by atoms with E-state index in [0.717, 1.165) is 4.90 Å². The molecule has 0 bridgehead atoms. The first-order chi connectivity index (χ1) is 12.9. The Bertz CT molecular complexity index is 803. The van der Waals surface area contributed by atoms with E-state index in [1.165, 1.54) is 10.4 Å². The molecule has 0 aliphatic carbocycles. The van der Waals surface area contributed by atoms with Crippen molar-refractivity contribution >= 4 is 15.9 Å². The van der Waals surface area contributed by atoms with Crippen LogP contribution in [-0.2, 0) is 14.8 Å². The van der Waals surface area contributed by atoms with Gasteiger partial charge in [-0.3, -0.25) is 4.79 Å². The largest absolute Gasteiger partial charge is 0.486 e. The van der Waals surface area contributed by atoms with Gasteiger partial charge in [-0.05, 0) is 19.1 Å². The number of fused-ring (bicyclic) bond motifs is 1. The van der Waals surface area contributed by atoms with E-state index in [1.54, 1.807) is 18.2 Å². The number of piperazine rings is 1.